The van der Waals surface area contributed by atoms with Crippen molar-refractivity contribution in [3.05, 3.63) is 54.4 Å². The number of hydrogen-bond donors (Lipinski definition) is 0. The largest absolute Gasteiger partial charge is 0.302 e. The molecular weight excluding hydrogens is 322 g/mol. The van der Waals surface area contributed by atoms with Gasteiger partial charge in [0.1, 0.15) is 5.82 Å². The number of rotatable bonds is 6. The molecule has 3 rings (SSSR count). The summed E-state index contributed by atoms with van der Waals surface area (Å²) in [7, 11) is 0. The minimum absolute atomic E-state index is 0.0169. The molecule has 24 heavy (non-hydrogen) atoms. The summed E-state index contributed by atoms with van der Waals surface area (Å²) in [5.41, 5.74) is 2.03. The van der Waals surface area contributed by atoms with E-state index in [1.807, 2.05) is 41.8 Å². The maximum Gasteiger partial charge on any atom is 0.253 e. The number of allylic oxidation sites excluding steroid dienone is 1. The van der Waals surface area contributed by atoms with Gasteiger partial charge in [-0.1, -0.05) is 48.2 Å². The summed E-state index contributed by atoms with van der Waals surface area (Å²) >= 11 is 1.38. The van der Waals surface area contributed by atoms with Gasteiger partial charge in [0.25, 0.3) is 5.91 Å². The van der Waals surface area contributed by atoms with Crippen LogP contribution < -0.4 is 0 Å². The summed E-state index contributed by atoms with van der Waals surface area (Å²) in [5, 5.41) is 14.9. The van der Waals surface area contributed by atoms with Crippen molar-refractivity contribution >= 4 is 23.4 Å². The normalized spacial score (nSPS) is 13.9. The van der Waals surface area contributed by atoms with Crippen LogP contribution in [0.2, 0.25) is 0 Å². The third-order valence-corrected chi connectivity index (χ3v) is 4.69. The Morgan fingerprint density at radius 2 is 2.12 bits per heavy atom. The molecule has 1 aliphatic rings. The molecule has 0 saturated heterocycles. The molecule has 124 valence electrons. The molecule has 0 atom stereocenters. The van der Waals surface area contributed by atoms with Gasteiger partial charge in [-0.15, -0.1) is 16.8 Å². The average molecular weight is 341 g/mol. The third-order valence-electron chi connectivity index (χ3n) is 3.73. The maximum atomic E-state index is 12.4. The van der Waals surface area contributed by atoms with Crippen LogP contribution >= 0.6 is 11.8 Å². The van der Waals surface area contributed by atoms with Gasteiger partial charge in [0.05, 0.1) is 18.0 Å². The highest BCUT2D eigenvalue weighted by atomic mass is 32.2. The molecule has 0 unspecified atom stereocenters. The smallest absolute Gasteiger partial charge is 0.253 e. The lowest BCUT2D eigenvalue weighted by atomic mass is 10.1. The molecule has 6 nitrogen and oxygen atoms in total. The second-order valence-electron chi connectivity index (χ2n) is 5.40. The molecule has 0 bridgehead atoms. The monoisotopic (exact) mass is 341 g/mol. The Balaban J connectivity index is 1.62. The van der Waals surface area contributed by atoms with Crippen molar-refractivity contribution in [2.75, 3.05) is 12.3 Å². The van der Waals surface area contributed by atoms with Gasteiger partial charge in [-0.25, -0.2) is 5.01 Å². The van der Waals surface area contributed by atoms with Gasteiger partial charge in [-0.2, -0.15) is 5.10 Å². The summed E-state index contributed by atoms with van der Waals surface area (Å²) in [4.78, 5) is 12.4. The summed E-state index contributed by atoms with van der Waals surface area (Å²) in [6, 6.07) is 9.96. The predicted octanol–water partition coefficient (Wildman–Crippen LogP) is 2.50. The van der Waals surface area contributed by atoms with Gasteiger partial charge in [-0.05, 0) is 12.5 Å². The highest BCUT2D eigenvalue weighted by molar-refractivity contribution is 7.99. The van der Waals surface area contributed by atoms with E-state index in [1.54, 1.807) is 11.1 Å². The van der Waals surface area contributed by atoms with Crippen LogP contribution in [0.5, 0.6) is 0 Å². The molecule has 1 aromatic heterocycles. The van der Waals surface area contributed by atoms with Crippen molar-refractivity contribution in [3.63, 3.8) is 0 Å². The third kappa shape index (κ3) is 3.56. The maximum absolute atomic E-state index is 12.4. The number of hydrazone groups is 1. The molecule has 2 aromatic rings. The lowest BCUT2D eigenvalue weighted by molar-refractivity contribution is -0.127. The Morgan fingerprint density at radius 3 is 2.88 bits per heavy atom. The highest BCUT2D eigenvalue weighted by Gasteiger charge is 2.22. The molecule has 2 heterocycles. The molecule has 1 amide bonds. The summed E-state index contributed by atoms with van der Waals surface area (Å²) in [6.07, 6.45) is 2.57. The topological polar surface area (TPSA) is 63.4 Å². The van der Waals surface area contributed by atoms with E-state index in [2.05, 4.69) is 21.9 Å². The Labute approximate surface area is 145 Å². The first-order chi connectivity index (χ1) is 11.7. The average Bonchev–Trinajstić information content (AvgIpc) is 3.22. The highest BCUT2D eigenvalue weighted by Crippen LogP contribution is 2.19. The van der Waals surface area contributed by atoms with E-state index in [9.17, 15) is 4.79 Å². The first-order valence-electron chi connectivity index (χ1n) is 7.76. The number of amides is 1. The first-order valence-corrected chi connectivity index (χ1v) is 8.74. The van der Waals surface area contributed by atoms with E-state index < -0.39 is 0 Å². The zero-order valence-corrected chi connectivity index (χ0v) is 14.4. The number of carbonyl (C=O) groups is 1. The fourth-order valence-corrected chi connectivity index (χ4v) is 3.34. The van der Waals surface area contributed by atoms with Gasteiger partial charge in [0, 0.05) is 13.0 Å². The Kier molecular flexibility index (Phi) is 5.10. The first kappa shape index (κ1) is 16.4. The van der Waals surface area contributed by atoms with Gasteiger partial charge in [0.2, 0.25) is 0 Å². The van der Waals surface area contributed by atoms with Crippen LogP contribution in [0.15, 0.2) is 53.2 Å². The van der Waals surface area contributed by atoms with Crippen LogP contribution in [0.1, 0.15) is 17.8 Å². The second-order valence-corrected chi connectivity index (χ2v) is 6.34. The fourth-order valence-electron chi connectivity index (χ4n) is 2.48. The molecule has 7 heteroatoms. The van der Waals surface area contributed by atoms with Crippen LogP contribution in [0.4, 0.5) is 0 Å². The van der Waals surface area contributed by atoms with Crippen LogP contribution in [0, 0.1) is 6.92 Å². The molecular formula is C17H19N5OS. The molecule has 0 fully saturated rings. The number of hydrogen-bond acceptors (Lipinski definition) is 5. The molecule has 0 spiro atoms. The van der Waals surface area contributed by atoms with Crippen molar-refractivity contribution < 1.29 is 4.79 Å². The molecule has 0 radical (unpaired) electrons. The van der Waals surface area contributed by atoms with Crippen molar-refractivity contribution in [1.82, 2.24) is 19.8 Å². The van der Waals surface area contributed by atoms with E-state index in [1.165, 1.54) is 11.8 Å². The molecule has 0 N–H and O–H groups in total. The van der Waals surface area contributed by atoms with Crippen LogP contribution in [-0.4, -0.2) is 43.7 Å². The number of thioether (sulfide) groups is 1. The zero-order chi connectivity index (χ0) is 16.9. The number of nitrogens with zero attached hydrogens (tertiary/aromatic N) is 5. The lowest BCUT2D eigenvalue weighted by Crippen LogP contribution is -2.25. The molecule has 0 saturated carbocycles. The molecule has 0 aliphatic carbocycles. The van der Waals surface area contributed by atoms with Crippen molar-refractivity contribution in [2.45, 2.75) is 25.0 Å². The minimum Gasteiger partial charge on any atom is -0.302 e. The number of aromatic nitrogens is 3. The van der Waals surface area contributed by atoms with E-state index in [0.717, 1.165) is 28.7 Å². The number of carbonyl (C=O) groups excluding carboxylic acids is 1. The van der Waals surface area contributed by atoms with Crippen LogP contribution in [0.3, 0.4) is 0 Å². The second kappa shape index (κ2) is 7.44. The Bertz CT molecular complexity index is 769. The summed E-state index contributed by atoms with van der Waals surface area (Å²) in [5.74, 6) is 1.09. The number of benzene rings is 1. The van der Waals surface area contributed by atoms with E-state index in [4.69, 9.17) is 0 Å². The Hall–Kier alpha value is -2.41. The Morgan fingerprint density at radius 1 is 1.33 bits per heavy atom. The van der Waals surface area contributed by atoms with Gasteiger partial charge >= 0.3 is 0 Å². The van der Waals surface area contributed by atoms with Crippen molar-refractivity contribution in [1.29, 1.82) is 0 Å². The van der Waals surface area contributed by atoms with E-state index in [0.29, 0.717) is 18.8 Å². The van der Waals surface area contributed by atoms with E-state index in [-0.39, 0.29) is 5.91 Å². The fraction of sp³-hybridized carbons (Fsp3) is 0.294. The molecule has 1 aromatic carbocycles. The van der Waals surface area contributed by atoms with Crippen molar-refractivity contribution in [3.8, 4) is 0 Å². The molecule has 1 aliphatic heterocycles. The van der Waals surface area contributed by atoms with Crippen LogP contribution in [0.25, 0.3) is 0 Å². The minimum atomic E-state index is -0.0169. The lowest BCUT2D eigenvalue weighted by Gasteiger charge is -2.11. The summed E-state index contributed by atoms with van der Waals surface area (Å²) < 4.78 is 1.94. The van der Waals surface area contributed by atoms with E-state index >= 15 is 0 Å². The van der Waals surface area contributed by atoms with Gasteiger partial charge < -0.3 is 4.57 Å². The quantitative estimate of drug-likeness (QED) is 0.598. The summed E-state index contributed by atoms with van der Waals surface area (Å²) in [6.45, 7) is 6.88. The van der Waals surface area contributed by atoms with Crippen LogP contribution in [-0.2, 0) is 11.3 Å². The predicted molar refractivity (Wildman–Crippen MR) is 95.0 cm³/mol. The standard InChI is InChI=1S/C17H19N5OS/c1-3-10-21-13(2)18-19-17(21)24-12-16(23)22-11-9-15(20-22)14-7-5-4-6-8-14/h3-8H,1,9-12H2,2H3. The SMILES string of the molecule is C=CCn1c(C)nnc1SCC(=O)N1CCC(c2ccccc2)=N1. The number of aryl methyl sites for hydroxylation is 1. The van der Waals surface area contributed by atoms with Gasteiger partial charge in [0.15, 0.2) is 5.16 Å². The zero-order valence-electron chi connectivity index (χ0n) is 13.6. The van der Waals surface area contributed by atoms with Crippen molar-refractivity contribution in [2.24, 2.45) is 5.10 Å². The van der Waals surface area contributed by atoms with Gasteiger partial charge in [-0.3, -0.25) is 4.79 Å².